The Morgan fingerprint density at radius 2 is 1.94 bits per heavy atom. The van der Waals surface area contributed by atoms with E-state index in [1.165, 1.54) is 5.56 Å². The van der Waals surface area contributed by atoms with Crippen molar-refractivity contribution in [1.29, 1.82) is 0 Å². The van der Waals surface area contributed by atoms with Crippen molar-refractivity contribution in [3.63, 3.8) is 0 Å². The molecule has 3 heteroatoms. The van der Waals surface area contributed by atoms with E-state index in [4.69, 9.17) is 10.8 Å². The number of aliphatic hydroxyl groups excluding tert-OH is 2. The van der Waals surface area contributed by atoms with E-state index in [-0.39, 0.29) is 18.8 Å². The number of benzene rings is 1. The van der Waals surface area contributed by atoms with Crippen molar-refractivity contribution in [1.82, 2.24) is 0 Å². The molecule has 3 nitrogen and oxygen atoms in total. The molecule has 16 heavy (non-hydrogen) atoms. The van der Waals surface area contributed by atoms with Crippen LogP contribution in [0.5, 0.6) is 0 Å². The third kappa shape index (κ3) is 2.26. The van der Waals surface area contributed by atoms with Crippen LogP contribution in [0, 0.1) is 0 Å². The van der Waals surface area contributed by atoms with Gasteiger partial charge in [0.2, 0.25) is 0 Å². The van der Waals surface area contributed by atoms with Crippen LogP contribution in [-0.4, -0.2) is 22.4 Å². The van der Waals surface area contributed by atoms with Gasteiger partial charge in [-0.25, -0.2) is 0 Å². The van der Waals surface area contributed by atoms with Crippen LogP contribution in [-0.2, 0) is 6.61 Å². The lowest BCUT2D eigenvalue weighted by Crippen LogP contribution is -2.40. The minimum Gasteiger partial charge on any atom is -0.394 e. The number of nitrogens with two attached hydrogens (primary N) is 1. The van der Waals surface area contributed by atoms with Gasteiger partial charge in [0.25, 0.3) is 0 Å². The summed E-state index contributed by atoms with van der Waals surface area (Å²) in [4.78, 5) is 0. The summed E-state index contributed by atoms with van der Waals surface area (Å²) in [6.45, 7) is 0.153. The zero-order chi connectivity index (χ0) is 11.6. The molecule has 1 aliphatic carbocycles. The molecule has 1 fully saturated rings. The lowest BCUT2D eigenvalue weighted by molar-refractivity contribution is 0.198. The molecule has 0 saturated heterocycles. The van der Waals surface area contributed by atoms with Crippen LogP contribution in [0.3, 0.4) is 0 Å². The minimum absolute atomic E-state index is 0.0677. The van der Waals surface area contributed by atoms with Crippen molar-refractivity contribution in [3.05, 3.63) is 35.4 Å². The van der Waals surface area contributed by atoms with Gasteiger partial charge in [0.1, 0.15) is 0 Å². The first kappa shape index (κ1) is 11.6. The summed E-state index contributed by atoms with van der Waals surface area (Å²) in [5.41, 5.74) is 7.86. The molecule has 0 aromatic heterocycles. The van der Waals surface area contributed by atoms with Crippen molar-refractivity contribution in [2.45, 2.75) is 37.3 Å². The van der Waals surface area contributed by atoms with Gasteiger partial charge < -0.3 is 15.9 Å². The highest BCUT2D eigenvalue weighted by Gasteiger charge is 2.35. The molecule has 0 bridgehead atoms. The largest absolute Gasteiger partial charge is 0.394 e. The Labute approximate surface area is 95.9 Å². The van der Waals surface area contributed by atoms with Crippen LogP contribution < -0.4 is 5.73 Å². The molecule has 0 amide bonds. The van der Waals surface area contributed by atoms with Crippen molar-refractivity contribution >= 4 is 0 Å². The Bertz CT molecular complexity index is 349. The van der Waals surface area contributed by atoms with E-state index >= 15 is 0 Å². The smallest absolute Gasteiger partial charge is 0.0681 e. The molecule has 2 rings (SSSR count). The second-order valence-corrected chi connectivity index (χ2v) is 4.86. The predicted octanol–water partition coefficient (Wildman–Crippen LogP) is 1.14. The molecule has 0 radical (unpaired) electrons. The Morgan fingerprint density at radius 1 is 1.25 bits per heavy atom. The first-order valence-corrected chi connectivity index (χ1v) is 5.76. The van der Waals surface area contributed by atoms with Crippen LogP contribution in [0.2, 0.25) is 0 Å². The molecule has 1 aromatic carbocycles. The van der Waals surface area contributed by atoms with E-state index in [1.807, 2.05) is 12.1 Å². The van der Waals surface area contributed by atoms with Gasteiger partial charge in [-0.3, -0.25) is 0 Å². The summed E-state index contributed by atoms with van der Waals surface area (Å²) in [6.07, 6.45) is 2.77. The SMILES string of the molecule is N[C@]1(CO)CC[C@@H](c2ccc(CO)cc2)C1. The highest BCUT2D eigenvalue weighted by atomic mass is 16.3. The van der Waals surface area contributed by atoms with Gasteiger partial charge in [0.05, 0.1) is 13.2 Å². The zero-order valence-electron chi connectivity index (χ0n) is 9.39. The average Bonchev–Trinajstić information content (AvgIpc) is 2.73. The van der Waals surface area contributed by atoms with Crippen LogP contribution in [0.15, 0.2) is 24.3 Å². The summed E-state index contributed by atoms with van der Waals surface area (Å²) in [5.74, 6) is 0.449. The summed E-state index contributed by atoms with van der Waals surface area (Å²) < 4.78 is 0. The highest BCUT2D eigenvalue weighted by molar-refractivity contribution is 5.26. The fourth-order valence-electron chi connectivity index (χ4n) is 2.48. The summed E-state index contributed by atoms with van der Waals surface area (Å²) >= 11 is 0. The molecule has 1 aliphatic rings. The lowest BCUT2D eigenvalue weighted by atomic mass is 9.93. The first-order valence-electron chi connectivity index (χ1n) is 5.76. The quantitative estimate of drug-likeness (QED) is 0.717. The van der Waals surface area contributed by atoms with Crippen LogP contribution >= 0.6 is 0 Å². The van der Waals surface area contributed by atoms with Crippen molar-refractivity contribution in [2.24, 2.45) is 5.73 Å². The normalized spacial score (nSPS) is 29.6. The van der Waals surface area contributed by atoms with Crippen molar-refractivity contribution in [3.8, 4) is 0 Å². The first-order chi connectivity index (χ1) is 7.67. The summed E-state index contributed by atoms with van der Waals surface area (Å²) in [7, 11) is 0. The second-order valence-electron chi connectivity index (χ2n) is 4.86. The van der Waals surface area contributed by atoms with E-state index in [2.05, 4.69) is 12.1 Å². The maximum Gasteiger partial charge on any atom is 0.0681 e. The van der Waals surface area contributed by atoms with Crippen LogP contribution in [0.25, 0.3) is 0 Å². The van der Waals surface area contributed by atoms with E-state index in [0.29, 0.717) is 5.92 Å². The van der Waals surface area contributed by atoms with E-state index in [9.17, 15) is 5.11 Å². The molecular weight excluding hydrogens is 202 g/mol. The van der Waals surface area contributed by atoms with Gasteiger partial charge >= 0.3 is 0 Å². The maximum absolute atomic E-state index is 9.21. The minimum atomic E-state index is -0.389. The van der Waals surface area contributed by atoms with Gasteiger partial charge in [-0.1, -0.05) is 24.3 Å². The number of hydrogen-bond acceptors (Lipinski definition) is 3. The maximum atomic E-state index is 9.21. The molecule has 0 heterocycles. The van der Waals surface area contributed by atoms with E-state index in [0.717, 1.165) is 24.8 Å². The van der Waals surface area contributed by atoms with Gasteiger partial charge in [0, 0.05) is 5.54 Å². The van der Waals surface area contributed by atoms with Crippen LogP contribution in [0.1, 0.15) is 36.3 Å². The Kier molecular flexibility index (Phi) is 3.28. The summed E-state index contributed by atoms with van der Waals surface area (Å²) in [6, 6.07) is 8.01. The Morgan fingerprint density at radius 3 is 2.44 bits per heavy atom. The third-order valence-corrected chi connectivity index (χ3v) is 3.59. The molecule has 88 valence electrons. The fourth-order valence-corrected chi connectivity index (χ4v) is 2.48. The monoisotopic (exact) mass is 221 g/mol. The van der Waals surface area contributed by atoms with Crippen LogP contribution in [0.4, 0.5) is 0 Å². The van der Waals surface area contributed by atoms with Gasteiger partial charge in [-0.05, 0) is 36.3 Å². The number of aliphatic hydroxyl groups is 2. The molecule has 2 atom stereocenters. The van der Waals surface area contributed by atoms with E-state index in [1.54, 1.807) is 0 Å². The fraction of sp³-hybridized carbons (Fsp3) is 0.538. The topological polar surface area (TPSA) is 66.5 Å². The summed E-state index contributed by atoms with van der Waals surface area (Å²) in [5, 5.41) is 18.2. The van der Waals surface area contributed by atoms with E-state index < -0.39 is 0 Å². The molecular formula is C13H19NO2. The average molecular weight is 221 g/mol. The standard InChI is InChI=1S/C13H19NO2/c14-13(9-16)6-5-12(7-13)11-3-1-10(8-15)2-4-11/h1-4,12,15-16H,5-9,14H2/t12-,13-/m1/s1. The van der Waals surface area contributed by atoms with Crippen molar-refractivity contribution in [2.75, 3.05) is 6.61 Å². The molecule has 4 N–H and O–H groups in total. The highest BCUT2D eigenvalue weighted by Crippen LogP contribution is 2.39. The third-order valence-electron chi connectivity index (χ3n) is 3.59. The Hall–Kier alpha value is -0.900. The van der Waals surface area contributed by atoms with Crippen molar-refractivity contribution < 1.29 is 10.2 Å². The van der Waals surface area contributed by atoms with Gasteiger partial charge in [-0.15, -0.1) is 0 Å². The predicted molar refractivity (Wildman–Crippen MR) is 63.0 cm³/mol. The molecule has 0 unspecified atom stereocenters. The molecule has 1 saturated carbocycles. The Balaban J connectivity index is 2.08. The molecule has 0 spiro atoms. The molecule has 0 aliphatic heterocycles. The van der Waals surface area contributed by atoms with Gasteiger partial charge in [0.15, 0.2) is 0 Å². The van der Waals surface area contributed by atoms with Gasteiger partial charge in [-0.2, -0.15) is 0 Å². The second kappa shape index (κ2) is 4.53. The lowest BCUT2D eigenvalue weighted by Gasteiger charge is -2.20. The number of hydrogen-bond donors (Lipinski definition) is 3. The molecule has 1 aromatic rings. The number of rotatable bonds is 3. The zero-order valence-corrected chi connectivity index (χ0v) is 9.39.